The maximum Gasteiger partial charge on any atom is 0.410 e. The molecule has 0 spiro atoms. The summed E-state index contributed by atoms with van der Waals surface area (Å²) in [5.74, 6) is 0.728. The maximum absolute atomic E-state index is 12.8. The third kappa shape index (κ3) is 3.66. The summed E-state index contributed by atoms with van der Waals surface area (Å²) in [6.45, 7) is 7.10. The summed E-state index contributed by atoms with van der Waals surface area (Å²) in [7, 11) is 1.63. The van der Waals surface area contributed by atoms with Crippen molar-refractivity contribution in [3.63, 3.8) is 0 Å². The number of rotatable bonds is 2. The van der Waals surface area contributed by atoms with E-state index in [0.717, 1.165) is 35.0 Å². The second-order valence-electron chi connectivity index (χ2n) is 8.49. The van der Waals surface area contributed by atoms with Crippen LogP contribution in [0.15, 0.2) is 21.0 Å². The van der Waals surface area contributed by atoms with Gasteiger partial charge in [0.2, 0.25) is 0 Å². The number of methoxy groups -OCH3 is 1. The number of carbonyl (C=O) groups is 1. The van der Waals surface area contributed by atoms with Crippen LogP contribution in [0, 0.1) is 0 Å². The summed E-state index contributed by atoms with van der Waals surface area (Å²) in [6.07, 6.45) is 2.83. The van der Waals surface area contributed by atoms with Gasteiger partial charge >= 0.3 is 6.09 Å². The zero-order valence-corrected chi connectivity index (χ0v) is 18.3. The number of benzene rings is 1. The van der Waals surface area contributed by atoms with Gasteiger partial charge in [-0.3, -0.25) is 4.90 Å². The van der Waals surface area contributed by atoms with Gasteiger partial charge in [0.05, 0.1) is 23.7 Å². The van der Waals surface area contributed by atoms with Crippen molar-refractivity contribution in [1.82, 2.24) is 9.88 Å². The lowest BCUT2D eigenvalue weighted by molar-refractivity contribution is -0.0102. The lowest BCUT2D eigenvalue weighted by Gasteiger charge is -2.49. The van der Waals surface area contributed by atoms with Crippen molar-refractivity contribution in [1.29, 1.82) is 0 Å². The fourth-order valence-electron chi connectivity index (χ4n) is 4.09. The number of oxazole rings is 1. The van der Waals surface area contributed by atoms with E-state index in [1.807, 2.05) is 37.8 Å². The first-order valence-corrected chi connectivity index (χ1v) is 10.4. The van der Waals surface area contributed by atoms with Crippen LogP contribution in [0.4, 0.5) is 10.8 Å². The van der Waals surface area contributed by atoms with E-state index in [4.69, 9.17) is 13.9 Å². The standard InChI is InChI=1S/C20H26BrN3O4/c1-20(2,3)28-19(25)24-12-6-5-7-13(24)11-23(10-12)18-22-16-9-14(26-4)8-15(21)17(16)27-18/h8-9,12-13H,5-7,10-11H2,1-4H3. The molecule has 0 saturated carbocycles. The van der Waals surface area contributed by atoms with Gasteiger partial charge in [0, 0.05) is 19.2 Å². The van der Waals surface area contributed by atoms with Crippen LogP contribution in [0.3, 0.4) is 0 Å². The molecule has 0 aliphatic carbocycles. The van der Waals surface area contributed by atoms with Crippen molar-refractivity contribution >= 4 is 39.1 Å². The molecule has 7 nitrogen and oxygen atoms in total. The minimum atomic E-state index is -0.492. The lowest BCUT2D eigenvalue weighted by atomic mass is 9.92. The quantitative estimate of drug-likeness (QED) is 0.665. The molecule has 1 aromatic carbocycles. The molecular weight excluding hydrogens is 426 g/mol. The monoisotopic (exact) mass is 451 g/mol. The Morgan fingerprint density at radius 3 is 2.54 bits per heavy atom. The average molecular weight is 452 g/mol. The van der Waals surface area contributed by atoms with Gasteiger partial charge < -0.3 is 18.8 Å². The van der Waals surface area contributed by atoms with Gasteiger partial charge in [0.1, 0.15) is 16.9 Å². The molecule has 2 atom stereocenters. The minimum Gasteiger partial charge on any atom is -0.497 e. The van der Waals surface area contributed by atoms with Crippen molar-refractivity contribution in [2.24, 2.45) is 0 Å². The summed E-state index contributed by atoms with van der Waals surface area (Å²) >= 11 is 3.53. The number of halogens is 1. The Hall–Kier alpha value is -1.96. The Kier molecular flexibility index (Phi) is 4.93. The van der Waals surface area contributed by atoms with Gasteiger partial charge in [-0.15, -0.1) is 0 Å². The van der Waals surface area contributed by atoms with Gasteiger partial charge in [-0.25, -0.2) is 4.79 Å². The third-order valence-electron chi connectivity index (χ3n) is 5.24. The highest BCUT2D eigenvalue weighted by molar-refractivity contribution is 9.10. The van der Waals surface area contributed by atoms with E-state index in [-0.39, 0.29) is 18.2 Å². The molecule has 0 N–H and O–H groups in total. The van der Waals surface area contributed by atoms with Crippen molar-refractivity contribution < 1.29 is 18.7 Å². The third-order valence-corrected chi connectivity index (χ3v) is 5.83. The first kappa shape index (κ1) is 19.4. The number of hydrogen-bond donors (Lipinski definition) is 0. The number of nitrogens with zero attached hydrogens (tertiary/aromatic N) is 3. The summed E-state index contributed by atoms with van der Waals surface area (Å²) in [4.78, 5) is 21.5. The van der Waals surface area contributed by atoms with Crippen molar-refractivity contribution in [3.05, 3.63) is 16.6 Å². The number of fused-ring (bicyclic) bond motifs is 3. The largest absolute Gasteiger partial charge is 0.497 e. The van der Waals surface area contributed by atoms with Gasteiger partial charge in [-0.2, -0.15) is 4.98 Å². The average Bonchev–Trinajstić information content (AvgIpc) is 3.03. The van der Waals surface area contributed by atoms with Crippen LogP contribution < -0.4 is 9.64 Å². The zero-order valence-electron chi connectivity index (χ0n) is 16.7. The van der Waals surface area contributed by atoms with E-state index in [2.05, 4.69) is 25.8 Å². The van der Waals surface area contributed by atoms with E-state index in [9.17, 15) is 4.79 Å². The smallest absolute Gasteiger partial charge is 0.410 e. The predicted molar refractivity (Wildman–Crippen MR) is 110 cm³/mol. The van der Waals surface area contributed by atoms with Crippen LogP contribution in [-0.2, 0) is 4.74 Å². The highest BCUT2D eigenvalue weighted by atomic mass is 79.9. The van der Waals surface area contributed by atoms with Gasteiger partial charge in [0.25, 0.3) is 6.01 Å². The maximum atomic E-state index is 12.8. The second kappa shape index (κ2) is 7.13. The van der Waals surface area contributed by atoms with Crippen LogP contribution in [0.2, 0.25) is 0 Å². The molecule has 2 aliphatic heterocycles. The van der Waals surface area contributed by atoms with E-state index in [1.54, 1.807) is 7.11 Å². The van der Waals surface area contributed by atoms with Crippen LogP contribution in [0.1, 0.15) is 40.0 Å². The molecule has 2 unspecified atom stereocenters. The first-order valence-electron chi connectivity index (χ1n) is 9.65. The fourth-order valence-corrected chi connectivity index (χ4v) is 4.59. The molecule has 1 amide bonds. The molecule has 2 aliphatic rings. The number of aromatic nitrogens is 1. The molecular formula is C20H26BrN3O4. The Balaban J connectivity index is 1.58. The molecule has 2 aromatic rings. The Labute approximate surface area is 173 Å². The zero-order chi connectivity index (χ0) is 20.1. The summed E-state index contributed by atoms with van der Waals surface area (Å²) < 4.78 is 17.8. The molecule has 1 aromatic heterocycles. The Morgan fingerprint density at radius 1 is 1.25 bits per heavy atom. The van der Waals surface area contributed by atoms with Crippen LogP contribution in [-0.4, -0.2) is 53.9 Å². The molecule has 0 radical (unpaired) electrons. The Bertz CT molecular complexity index is 877. The highest BCUT2D eigenvalue weighted by Gasteiger charge is 2.43. The topological polar surface area (TPSA) is 68.0 Å². The Morgan fingerprint density at radius 2 is 1.93 bits per heavy atom. The molecule has 2 saturated heterocycles. The van der Waals surface area contributed by atoms with Gasteiger partial charge in [-0.05, 0) is 62.0 Å². The first-order chi connectivity index (χ1) is 13.2. The number of hydrogen-bond acceptors (Lipinski definition) is 6. The van der Waals surface area contributed by atoms with E-state index >= 15 is 0 Å². The predicted octanol–water partition coefficient (Wildman–Crippen LogP) is 4.58. The number of amides is 1. The number of anilines is 1. The molecule has 2 fully saturated rings. The molecule has 2 bridgehead atoms. The number of ether oxygens (including phenoxy) is 2. The summed E-state index contributed by atoms with van der Waals surface area (Å²) in [5.41, 5.74) is 0.963. The van der Waals surface area contributed by atoms with Crippen LogP contribution in [0.25, 0.3) is 11.1 Å². The van der Waals surface area contributed by atoms with Gasteiger partial charge in [0.15, 0.2) is 5.58 Å². The van der Waals surface area contributed by atoms with Gasteiger partial charge in [-0.1, -0.05) is 0 Å². The van der Waals surface area contributed by atoms with Crippen molar-refractivity contribution in [3.8, 4) is 5.75 Å². The molecule has 28 heavy (non-hydrogen) atoms. The lowest BCUT2D eigenvalue weighted by Crippen LogP contribution is -2.63. The normalized spacial score (nSPS) is 22.5. The molecule has 8 heteroatoms. The number of piperazine rings is 1. The van der Waals surface area contributed by atoms with E-state index in [1.165, 1.54) is 0 Å². The molecule has 152 valence electrons. The number of piperidine rings is 1. The van der Waals surface area contributed by atoms with Crippen LogP contribution >= 0.6 is 15.9 Å². The highest BCUT2D eigenvalue weighted by Crippen LogP contribution is 2.36. The van der Waals surface area contributed by atoms with E-state index < -0.39 is 5.60 Å². The number of carbonyl (C=O) groups excluding carboxylic acids is 1. The fraction of sp³-hybridized carbons (Fsp3) is 0.600. The molecule has 4 rings (SSSR count). The SMILES string of the molecule is COc1cc(Br)c2oc(N3CC4CCCC(C3)N4C(=O)OC(C)(C)C)nc2c1. The van der Waals surface area contributed by atoms with Crippen molar-refractivity contribution in [2.45, 2.75) is 57.7 Å². The van der Waals surface area contributed by atoms with E-state index in [0.29, 0.717) is 24.7 Å². The van der Waals surface area contributed by atoms with Crippen LogP contribution in [0.5, 0.6) is 5.75 Å². The minimum absolute atomic E-state index is 0.107. The summed E-state index contributed by atoms with van der Waals surface area (Å²) in [5, 5.41) is 0. The second-order valence-corrected chi connectivity index (χ2v) is 9.34. The summed E-state index contributed by atoms with van der Waals surface area (Å²) in [6, 6.07) is 4.53. The van der Waals surface area contributed by atoms with Crippen molar-refractivity contribution in [2.75, 3.05) is 25.1 Å². The molecule has 3 heterocycles.